The largest absolute Gasteiger partial charge is 0.312 e. The van der Waals surface area contributed by atoms with Crippen molar-refractivity contribution in [1.29, 1.82) is 0 Å². The van der Waals surface area contributed by atoms with Gasteiger partial charge in [0.1, 0.15) is 4.90 Å². The van der Waals surface area contributed by atoms with E-state index >= 15 is 0 Å². The Balaban J connectivity index is 2.24. The zero-order valence-corrected chi connectivity index (χ0v) is 16.0. The molecule has 1 aromatic heterocycles. The molecule has 2 heterocycles. The van der Waals surface area contributed by atoms with Gasteiger partial charge in [0, 0.05) is 23.5 Å². The monoisotopic (exact) mass is 394 g/mol. The van der Waals surface area contributed by atoms with Crippen LogP contribution in [0.2, 0.25) is 0 Å². The fourth-order valence-electron chi connectivity index (χ4n) is 2.70. The molecule has 21 heavy (non-hydrogen) atoms. The number of sulfonamides is 1. The van der Waals surface area contributed by atoms with Crippen molar-refractivity contribution >= 4 is 37.3 Å². The first-order chi connectivity index (χ1) is 9.79. The Kier molecular flexibility index (Phi) is 5.52. The standard InChI is InChI=1S/C14H23BrN2O2S2/c1-4-7-16-10-11-9-12(13(15)20-11)21(18,19)17-8-5-6-14(17,2)3/h9,16H,4-8,10H2,1-3H3. The second-order valence-corrected chi connectivity index (χ2v) is 10.3. The lowest BCUT2D eigenvalue weighted by atomic mass is 10.0. The fourth-order valence-corrected chi connectivity index (χ4v) is 7.15. The molecule has 0 saturated carbocycles. The Labute approximate surface area is 140 Å². The summed E-state index contributed by atoms with van der Waals surface area (Å²) < 4.78 is 28.1. The van der Waals surface area contributed by atoms with Crippen LogP contribution in [0.5, 0.6) is 0 Å². The molecule has 0 unspecified atom stereocenters. The fraction of sp³-hybridized carbons (Fsp3) is 0.714. The predicted octanol–water partition coefficient (Wildman–Crippen LogP) is 3.57. The molecular formula is C14H23BrN2O2S2. The van der Waals surface area contributed by atoms with Crippen LogP contribution in [0, 0.1) is 0 Å². The Morgan fingerprint density at radius 2 is 2.19 bits per heavy atom. The molecular weight excluding hydrogens is 372 g/mol. The van der Waals surface area contributed by atoms with Crippen LogP contribution in [0.3, 0.4) is 0 Å². The molecule has 0 atom stereocenters. The third-order valence-electron chi connectivity index (χ3n) is 3.83. The van der Waals surface area contributed by atoms with Gasteiger partial charge in [0.2, 0.25) is 10.0 Å². The molecule has 0 spiro atoms. The van der Waals surface area contributed by atoms with Gasteiger partial charge in [0.05, 0.1) is 3.79 Å². The lowest BCUT2D eigenvalue weighted by Crippen LogP contribution is -2.42. The minimum Gasteiger partial charge on any atom is -0.312 e. The zero-order chi connectivity index (χ0) is 15.7. The van der Waals surface area contributed by atoms with Crippen molar-refractivity contribution in [3.8, 4) is 0 Å². The average molecular weight is 395 g/mol. The van der Waals surface area contributed by atoms with Crippen molar-refractivity contribution in [3.63, 3.8) is 0 Å². The van der Waals surface area contributed by atoms with Gasteiger partial charge in [-0.3, -0.25) is 0 Å². The summed E-state index contributed by atoms with van der Waals surface area (Å²) >= 11 is 4.93. The quantitative estimate of drug-likeness (QED) is 0.750. The lowest BCUT2D eigenvalue weighted by Gasteiger charge is -2.30. The number of thiophene rings is 1. The Hall–Kier alpha value is 0.0500. The summed E-state index contributed by atoms with van der Waals surface area (Å²) in [6.07, 6.45) is 2.91. The SMILES string of the molecule is CCCNCc1cc(S(=O)(=O)N2CCCC2(C)C)c(Br)s1. The molecule has 120 valence electrons. The molecule has 0 aromatic carbocycles. The summed E-state index contributed by atoms with van der Waals surface area (Å²) in [7, 11) is -3.42. The first kappa shape index (κ1) is 17.4. The summed E-state index contributed by atoms with van der Waals surface area (Å²) in [6.45, 7) is 8.39. The van der Waals surface area contributed by atoms with Crippen LogP contribution in [-0.2, 0) is 16.6 Å². The molecule has 1 N–H and O–H groups in total. The van der Waals surface area contributed by atoms with Crippen LogP contribution in [0.15, 0.2) is 14.7 Å². The molecule has 0 amide bonds. The van der Waals surface area contributed by atoms with Crippen molar-refractivity contribution < 1.29 is 8.42 Å². The summed E-state index contributed by atoms with van der Waals surface area (Å²) in [6, 6.07) is 1.81. The number of nitrogens with one attached hydrogen (secondary N) is 1. The Bertz CT molecular complexity index is 596. The van der Waals surface area contributed by atoms with E-state index in [2.05, 4.69) is 28.2 Å². The predicted molar refractivity (Wildman–Crippen MR) is 91.2 cm³/mol. The smallest absolute Gasteiger partial charge is 0.245 e. The molecule has 1 aliphatic rings. The molecule has 1 aliphatic heterocycles. The molecule has 2 rings (SSSR count). The highest BCUT2D eigenvalue weighted by atomic mass is 79.9. The van der Waals surface area contributed by atoms with Gasteiger partial charge in [-0.2, -0.15) is 4.31 Å². The number of nitrogens with zero attached hydrogens (tertiary/aromatic N) is 1. The number of hydrogen-bond acceptors (Lipinski definition) is 4. The second kappa shape index (κ2) is 6.66. The van der Waals surface area contributed by atoms with Gasteiger partial charge >= 0.3 is 0 Å². The Morgan fingerprint density at radius 1 is 1.48 bits per heavy atom. The summed E-state index contributed by atoms with van der Waals surface area (Å²) in [5.41, 5.74) is -0.291. The average Bonchev–Trinajstić information content (AvgIpc) is 2.93. The topological polar surface area (TPSA) is 49.4 Å². The maximum atomic E-state index is 12.9. The van der Waals surface area contributed by atoms with Crippen molar-refractivity contribution in [2.24, 2.45) is 0 Å². The zero-order valence-electron chi connectivity index (χ0n) is 12.8. The number of rotatable bonds is 6. The summed E-state index contributed by atoms with van der Waals surface area (Å²) in [4.78, 5) is 1.46. The van der Waals surface area contributed by atoms with Crippen LogP contribution >= 0.6 is 27.3 Å². The maximum absolute atomic E-state index is 12.9. The molecule has 7 heteroatoms. The van der Waals surface area contributed by atoms with Gasteiger partial charge in [0.15, 0.2) is 0 Å². The van der Waals surface area contributed by atoms with E-state index in [0.717, 1.165) is 37.2 Å². The molecule has 0 radical (unpaired) electrons. The van der Waals surface area contributed by atoms with E-state index < -0.39 is 10.0 Å². The third kappa shape index (κ3) is 3.69. The van der Waals surface area contributed by atoms with E-state index in [1.807, 2.05) is 13.8 Å². The molecule has 4 nitrogen and oxygen atoms in total. The molecule has 0 aliphatic carbocycles. The first-order valence-corrected chi connectivity index (χ1v) is 10.4. The number of hydrogen-bond donors (Lipinski definition) is 1. The van der Waals surface area contributed by atoms with Crippen LogP contribution in [0.4, 0.5) is 0 Å². The maximum Gasteiger partial charge on any atom is 0.245 e. The summed E-state index contributed by atoms with van der Waals surface area (Å²) in [5.74, 6) is 0. The van der Waals surface area contributed by atoms with E-state index in [1.165, 1.54) is 11.3 Å². The van der Waals surface area contributed by atoms with E-state index in [4.69, 9.17) is 0 Å². The van der Waals surface area contributed by atoms with Crippen LogP contribution < -0.4 is 5.32 Å². The van der Waals surface area contributed by atoms with Gasteiger partial charge < -0.3 is 5.32 Å². The van der Waals surface area contributed by atoms with Gasteiger partial charge in [-0.05, 0) is 61.7 Å². The van der Waals surface area contributed by atoms with E-state index in [0.29, 0.717) is 15.2 Å². The molecule has 0 bridgehead atoms. The van der Waals surface area contributed by atoms with Gasteiger partial charge in [-0.1, -0.05) is 6.92 Å². The van der Waals surface area contributed by atoms with Gasteiger partial charge in [-0.15, -0.1) is 11.3 Å². The highest BCUT2D eigenvalue weighted by molar-refractivity contribution is 9.11. The summed E-state index contributed by atoms with van der Waals surface area (Å²) in [5, 5.41) is 3.31. The first-order valence-electron chi connectivity index (χ1n) is 7.31. The van der Waals surface area contributed by atoms with E-state index in [9.17, 15) is 8.42 Å². The second-order valence-electron chi connectivity index (χ2n) is 6.02. The van der Waals surface area contributed by atoms with Gasteiger partial charge in [0.25, 0.3) is 0 Å². The third-order valence-corrected chi connectivity index (χ3v) is 8.19. The van der Waals surface area contributed by atoms with E-state index in [1.54, 1.807) is 10.4 Å². The molecule has 1 fully saturated rings. The highest BCUT2D eigenvalue weighted by Gasteiger charge is 2.42. The minimum absolute atomic E-state index is 0.291. The van der Waals surface area contributed by atoms with Crippen molar-refractivity contribution in [2.75, 3.05) is 13.1 Å². The van der Waals surface area contributed by atoms with Crippen LogP contribution in [0.1, 0.15) is 44.9 Å². The lowest BCUT2D eigenvalue weighted by molar-refractivity contribution is 0.291. The number of halogens is 1. The Morgan fingerprint density at radius 3 is 2.76 bits per heavy atom. The molecule has 1 saturated heterocycles. The van der Waals surface area contributed by atoms with Crippen molar-refractivity contribution in [1.82, 2.24) is 9.62 Å². The van der Waals surface area contributed by atoms with E-state index in [-0.39, 0.29) is 5.54 Å². The highest BCUT2D eigenvalue weighted by Crippen LogP contribution is 2.39. The van der Waals surface area contributed by atoms with Crippen molar-refractivity contribution in [2.45, 2.75) is 57.0 Å². The molecule has 1 aromatic rings. The van der Waals surface area contributed by atoms with Crippen LogP contribution in [-0.4, -0.2) is 31.4 Å². The minimum atomic E-state index is -3.42. The van der Waals surface area contributed by atoms with Crippen molar-refractivity contribution in [3.05, 3.63) is 14.7 Å². The normalized spacial score (nSPS) is 19.2. The van der Waals surface area contributed by atoms with Gasteiger partial charge in [-0.25, -0.2) is 8.42 Å². The van der Waals surface area contributed by atoms with Crippen LogP contribution in [0.25, 0.3) is 0 Å².